The van der Waals surface area contributed by atoms with Crippen molar-refractivity contribution >= 4 is 28.8 Å². The molecule has 4 heterocycles. The second kappa shape index (κ2) is 8.35. The molecule has 1 N–H and O–H groups in total. The van der Waals surface area contributed by atoms with Gasteiger partial charge in [-0.3, -0.25) is 19.8 Å². The molecule has 7 nitrogen and oxygen atoms in total. The van der Waals surface area contributed by atoms with Crippen LogP contribution in [0.1, 0.15) is 37.3 Å². The van der Waals surface area contributed by atoms with Crippen LogP contribution >= 0.6 is 0 Å². The fraction of sp³-hybridized carbons (Fsp3) is 0.565. The molecule has 2 fully saturated rings. The fourth-order valence-corrected chi connectivity index (χ4v) is 4.96. The number of carbonyl (C=O) groups excluding carboxylic acids is 1. The highest BCUT2D eigenvalue weighted by atomic mass is 19.3. The van der Waals surface area contributed by atoms with Crippen molar-refractivity contribution in [2.45, 2.75) is 43.7 Å². The summed E-state index contributed by atoms with van der Waals surface area (Å²) in [7, 11) is 2.08. The van der Waals surface area contributed by atoms with Crippen LogP contribution < -0.4 is 10.2 Å². The molecule has 0 aliphatic carbocycles. The van der Waals surface area contributed by atoms with Gasteiger partial charge in [0.15, 0.2) is 0 Å². The summed E-state index contributed by atoms with van der Waals surface area (Å²) in [6, 6.07) is 3.10. The Labute approximate surface area is 185 Å². The van der Waals surface area contributed by atoms with E-state index in [0.29, 0.717) is 35.6 Å². The summed E-state index contributed by atoms with van der Waals surface area (Å²) in [4.78, 5) is 29.6. The standard InChI is InChI=1S/C23H28F2N6O/c1-30-8-4-15(5-9-30)10-20(32)29-16-11-23(24,25)14-31(13-16)19-3-2-17(18-12-28-18)21-22(19)27-7-6-26-21/h2-3,6-7,12,15-16,18H,4-5,8-11,13-14H2,1H3,(H,29,32). The number of likely N-dealkylation sites (tertiary alicyclic amines) is 1. The molecule has 0 spiro atoms. The second-order valence-electron chi connectivity index (χ2n) is 9.33. The van der Waals surface area contributed by atoms with Crippen molar-refractivity contribution in [2.75, 3.05) is 38.1 Å². The van der Waals surface area contributed by atoms with Crippen molar-refractivity contribution in [2.24, 2.45) is 10.9 Å². The molecule has 9 heteroatoms. The van der Waals surface area contributed by atoms with Gasteiger partial charge in [0.25, 0.3) is 5.92 Å². The van der Waals surface area contributed by atoms with Crippen LogP contribution in [-0.2, 0) is 4.79 Å². The molecule has 5 rings (SSSR count). The number of hydrogen-bond donors (Lipinski definition) is 1. The Morgan fingerprint density at radius 2 is 1.91 bits per heavy atom. The summed E-state index contributed by atoms with van der Waals surface area (Å²) in [5, 5.41) is 2.89. The van der Waals surface area contributed by atoms with Crippen molar-refractivity contribution in [1.82, 2.24) is 20.2 Å². The Hall–Kier alpha value is -2.68. The molecule has 2 aromatic rings. The molecule has 2 unspecified atom stereocenters. The summed E-state index contributed by atoms with van der Waals surface area (Å²) >= 11 is 0. The zero-order valence-electron chi connectivity index (χ0n) is 18.2. The van der Waals surface area contributed by atoms with E-state index in [9.17, 15) is 13.6 Å². The van der Waals surface area contributed by atoms with Crippen LogP contribution in [0.5, 0.6) is 0 Å². The topological polar surface area (TPSA) is 73.7 Å². The minimum absolute atomic E-state index is 0.00217. The van der Waals surface area contributed by atoms with Crippen LogP contribution in [0.3, 0.4) is 0 Å². The number of nitrogens with one attached hydrogen (secondary N) is 1. The molecule has 0 saturated carbocycles. The third-order valence-corrected chi connectivity index (χ3v) is 6.68. The van der Waals surface area contributed by atoms with Crippen LogP contribution in [0.2, 0.25) is 0 Å². The number of aromatic nitrogens is 2. The van der Waals surface area contributed by atoms with Gasteiger partial charge < -0.3 is 15.1 Å². The molecule has 32 heavy (non-hydrogen) atoms. The zero-order chi connectivity index (χ0) is 22.3. The number of fused-ring (bicyclic) bond motifs is 1. The zero-order valence-corrected chi connectivity index (χ0v) is 18.2. The number of alkyl halides is 2. The molecule has 1 aromatic heterocycles. The number of nitrogens with zero attached hydrogens (tertiary/aromatic N) is 5. The molecule has 3 aliphatic heterocycles. The normalized spacial score (nSPS) is 25.8. The van der Waals surface area contributed by atoms with Gasteiger partial charge in [-0.15, -0.1) is 0 Å². The lowest BCUT2D eigenvalue weighted by Crippen LogP contribution is -2.55. The summed E-state index contributed by atoms with van der Waals surface area (Å²) in [5.74, 6) is -2.72. The Morgan fingerprint density at radius 3 is 2.62 bits per heavy atom. The van der Waals surface area contributed by atoms with Crippen molar-refractivity contribution in [3.8, 4) is 0 Å². The molecule has 2 atom stereocenters. The Morgan fingerprint density at radius 1 is 1.19 bits per heavy atom. The van der Waals surface area contributed by atoms with E-state index in [0.717, 1.165) is 31.5 Å². The molecular weight excluding hydrogens is 414 g/mol. The fourth-order valence-electron chi connectivity index (χ4n) is 4.96. The number of amides is 1. The Balaban J connectivity index is 1.32. The largest absolute Gasteiger partial charge is 0.362 e. The van der Waals surface area contributed by atoms with E-state index in [1.54, 1.807) is 17.3 Å². The summed E-state index contributed by atoms with van der Waals surface area (Å²) in [5.41, 5.74) is 2.83. The van der Waals surface area contributed by atoms with E-state index in [1.807, 2.05) is 18.3 Å². The van der Waals surface area contributed by atoms with Gasteiger partial charge in [0, 0.05) is 43.6 Å². The van der Waals surface area contributed by atoms with Crippen molar-refractivity contribution in [3.05, 3.63) is 30.1 Å². The summed E-state index contributed by atoms with van der Waals surface area (Å²) in [6.45, 7) is 1.87. The van der Waals surface area contributed by atoms with Gasteiger partial charge in [0.2, 0.25) is 5.91 Å². The monoisotopic (exact) mass is 442 g/mol. The smallest absolute Gasteiger partial charge is 0.267 e. The van der Waals surface area contributed by atoms with Crippen molar-refractivity contribution in [3.63, 3.8) is 0 Å². The highest BCUT2D eigenvalue weighted by Crippen LogP contribution is 2.37. The van der Waals surface area contributed by atoms with Crippen molar-refractivity contribution in [1.29, 1.82) is 0 Å². The number of anilines is 1. The number of aliphatic imine (C=N–C) groups is 1. The first-order chi connectivity index (χ1) is 15.4. The molecular formula is C23H28F2N6O. The Kier molecular flexibility index (Phi) is 5.53. The maximum atomic E-state index is 14.7. The van der Waals surface area contributed by atoms with E-state index in [-0.39, 0.29) is 18.4 Å². The highest BCUT2D eigenvalue weighted by Gasteiger charge is 2.42. The highest BCUT2D eigenvalue weighted by molar-refractivity contribution is 5.95. The summed E-state index contributed by atoms with van der Waals surface area (Å²) < 4.78 is 29.4. The van der Waals surface area contributed by atoms with Gasteiger partial charge in [0.05, 0.1) is 23.8 Å². The van der Waals surface area contributed by atoms with E-state index >= 15 is 0 Å². The first kappa shape index (κ1) is 21.2. The Bertz CT molecular complexity index is 1030. The predicted octanol–water partition coefficient (Wildman–Crippen LogP) is 2.82. The minimum Gasteiger partial charge on any atom is -0.362 e. The lowest BCUT2D eigenvalue weighted by Gasteiger charge is -2.39. The van der Waals surface area contributed by atoms with Gasteiger partial charge in [-0.25, -0.2) is 8.78 Å². The number of halogens is 2. The van der Waals surface area contributed by atoms with E-state index in [4.69, 9.17) is 0 Å². The first-order valence-electron chi connectivity index (χ1n) is 11.3. The van der Waals surface area contributed by atoms with E-state index in [2.05, 4.69) is 32.2 Å². The summed E-state index contributed by atoms with van der Waals surface area (Å²) in [6.07, 6.45) is 7.01. The lowest BCUT2D eigenvalue weighted by molar-refractivity contribution is -0.123. The quantitative estimate of drug-likeness (QED) is 0.771. The molecule has 3 aliphatic rings. The maximum absolute atomic E-state index is 14.7. The van der Waals surface area contributed by atoms with Crippen LogP contribution in [0.4, 0.5) is 14.5 Å². The number of carbonyl (C=O) groups is 1. The maximum Gasteiger partial charge on any atom is 0.267 e. The van der Waals surface area contributed by atoms with Gasteiger partial charge in [-0.2, -0.15) is 0 Å². The van der Waals surface area contributed by atoms with Crippen LogP contribution in [-0.4, -0.2) is 72.2 Å². The molecule has 2 saturated heterocycles. The second-order valence-corrected chi connectivity index (χ2v) is 9.33. The van der Waals surface area contributed by atoms with Gasteiger partial charge in [-0.1, -0.05) is 6.07 Å². The first-order valence-corrected chi connectivity index (χ1v) is 11.3. The third-order valence-electron chi connectivity index (χ3n) is 6.68. The molecule has 170 valence electrons. The number of benzene rings is 1. The average Bonchev–Trinajstić information content (AvgIpc) is 3.58. The predicted molar refractivity (Wildman–Crippen MR) is 119 cm³/mol. The SMILES string of the molecule is CN1CCC(CC(=O)NC2CN(c3ccc(C4C=N4)c4nccnc34)CC(F)(F)C2)CC1. The lowest BCUT2D eigenvalue weighted by atomic mass is 9.93. The number of piperidine rings is 2. The number of rotatable bonds is 5. The van der Waals surface area contributed by atoms with Gasteiger partial charge in [0.1, 0.15) is 11.6 Å². The van der Waals surface area contributed by atoms with Crippen LogP contribution in [0, 0.1) is 5.92 Å². The van der Waals surface area contributed by atoms with Crippen LogP contribution in [0.25, 0.3) is 11.0 Å². The molecule has 1 aromatic carbocycles. The number of hydrogen-bond acceptors (Lipinski definition) is 6. The molecule has 0 radical (unpaired) electrons. The van der Waals surface area contributed by atoms with Gasteiger partial charge >= 0.3 is 0 Å². The average molecular weight is 443 g/mol. The third kappa shape index (κ3) is 4.57. The van der Waals surface area contributed by atoms with Crippen molar-refractivity contribution < 1.29 is 13.6 Å². The molecule has 1 amide bonds. The van der Waals surface area contributed by atoms with Crippen LogP contribution in [0.15, 0.2) is 29.5 Å². The van der Waals surface area contributed by atoms with Gasteiger partial charge in [-0.05, 0) is 45.0 Å². The van der Waals surface area contributed by atoms with E-state index < -0.39 is 18.5 Å². The molecule has 0 bridgehead atoms. The van der Waals surface area contributed by atoms with E-state index in [1.165, 1.54) is 0 Å². The minimum atomic E-state index is -2.91.